The van der Waals surface area contributed by atoms with Gasteiger partial charge in [-0.2, -0.15) is 0 Å². The largest absolute Gasteiger partial charge is 0.490 e. The molecule has 0 aliphatic heterocycles. The molecule has 5 heteroatoms. The van der Waals surface area contributed by atoms with Crippen molar-refractivity contribution in [2.45, 2.75) is 0 Å². The minimum Gasteiger partial charge on any atom is -0.490 e. The Morgan fingerprint density at radius 1 is 1.09 bits per heavy atom. The van der Waals surface area contributed by atoms with Gasteiger partial charge in [0.25, 0.3) is 0 Å². The van der Waals surface area contributed by atoms with Crippen molar-refractivity contribution in [3.05, 3.63) is 66.2 Å². The Hall–Kier alpha value is -2.46. The summed E-state index contributed by atoms with van der Waals surface area (Å²) in [7, 11) is 0. The molecule has 2 N–H and O–H groups in total. The van der Waals surface area contributed by atoms with Gasteiger partial charge >= 0.3 is 0 Å². The number of carbonyl (C=O) groups is 1. The summed E-state index contributed by atoms with van der Waals surface area (Å²) in [5.74, 6) is 0.630. The van der Waals surface area contributed by atoms with Crippen LogP contribution in [0.25, 0.3) is 0 Å². The number of nitrogens with one attached hydrogen (secondary N) is 2. The fourth-order valence-corrected chi connectivity index (χ4v) is 1.87. The molecule has 0 radical (unpaired) electrons. The van der Waals surface area contributed by atoms with Crippen LogP contribution in [-0.4, -0.2) is 19.1 Å². The maximum atomic E-state index is 11.8. The topological polar surface area (TPSA) is 50.4 Å². The second-order valence-electron chi connectivity index (χ2n) is 4.53. The van der Waals surface area contributed by atoms with Crippen LogP contribution in [0.5, 0.6) is 5.75 Å². The summed E-state index contributed by atoms with van der Waals surface area (Å²) in [4.78, 5) is 11.8. The molecule has 114 valence electrons. The van der Waals surface area contributed by atoms with Gasteiger partial charge in [-0.15, -0.1) is 0 Å². The molecule has 0 atom stereocenters. The highest BCUT2D eigenvalue weighted by Crippen LogP contribution is 2.16. The van der Waals surface area contributed by atoms with Gasteiger partial charge in [-0.3, -0.25) is 4.79 Å². The fraction of sp³-hybridized carbons (Fsp3) is 0.118. The lowest BCUT2D eigenvalue weighted by Gasteiger charge is -2.09. The summed E-state index contributed by atoms with van der Waals surface area (Å²) in [5, 5.41) is 6.46. The van der Waals surface area contributed by atoms with Crippen molar-refractivity contribution in [3.8, 4) is 5.75 Å². The molecule has 0 saturated heterocycles. The predicted molar refractivity (Wildman–Crippen MR) is 90.7 cm³/mol. The van der Waals surface area contributed by atoms with Crippen LogP contribution in [-0.2, 0) is 4.79 Å². The molecule has 0 heterocycles. The molecule has 4 nitrogen and oxygen atoms in total. The summed E-state index contributed by atoms with van der Waals surface area (Å²) in [6, 6.07) is 14.4. The summed E-state index contributed by atoms with van der Waals surface area (Å²) in [6.45, 7) is 4.24. The van der Waals surface area contributed by atoms with Crippen LogP contribution in [0.2, 0.25) is 5.02 Å². The third-order valence-corrected chi connectivity index (χ3v) is 3.06. The molecular formula is C17H17ClN2O2. The quantitative estimate of drug-likeness (QED) is 0.760. The molecule has 0 fully saturated rings. The van der Waals surface area contributed by atoms with Crippen LogP contribution < -0.4 is 15.4 Å². The normalized spacial score (nSPS) is 9.86. The summed E-state index contributed by atoms with van der Waals surface area (Å²) in [6.07, 6.45) is 1.69. The number of benzene rings is 2. The van der Waals surface area contributed by atoms with E-state index in [9.17, 15) is 4.79 Å². The molecule has 0 aliphatic rings. The van der Waals surface area contributed by atoms with E-state index in [1.165, 1.54) is 0 Å². The molecule has 0 spiro atoms. The highest BCUT2D eigenvalue weighted by atomic mass is 35.5. The number of anilines is 2. The van der Waals surface area contributed by atoms with Crippen LogP contribution in [0.4, 0.5) is 11.4 Å². The second-order valence-corrected chi connectivity index (χ2v) is 4.97. The van der Waals surface area contributed by atoms with E-state index in [2.05, 4.69) is 17.2 Å². The molecule has 0 bridgehead atoms. The minimum atomic E-state index is -0.130. The van der Waals surface area contributed by atoms with Gasteiger partial charge in [0.2, 0.25) is 5.91 Å². The van der Waals surface area contributed by atoms with E-state index < -0.39 is 0 Å². The first-order valence-corrected chi connectivity index (χ1v) is 7.18. The average Bonchev–Trinajstić information content (AvgIpc) is 2.54. The van der Waals surface area contributed by atoms with Gasteiger partial charge in [0.05, 0.1) is 6.54 Å². The Bertz CT molecular complexity index is 624. The van der Waals surface area contributed by atoms with Crippen molar-refractivity contribution in [2.75, 3.05) is 23.8 Å². The van der Waals surface area contributed by atoms with Crippen molar-refractivity contribution in [1.82, 2.24) is 0 Å². The van der Waals surface area contributed by atoms with E-state index in [1.807, 2.05) is 24.3 Å². The minimum absolute atomic E-state index is 0.130. The van der Waals surface area contributed by atoms with Gasteiger partial charge in [0.1, 0.15) is 12.4 Å². The Morgan fingerprint density at radius 3 is 2.36 bits per heavy atom. The zero-order valence-electron chi connectivity index (χ0n) is 12.0. The van der Waals surface area contributed by atoms with Crippen LogP contribution in [0.15, 0.2) is 61.2 Å². The van der Waals surface area contributed by atoms with Crippen molar-refractivity contribution in [3.63, 3.8) is 0 Å². The smallest absolute Gasteiger partial charge is 0.243 e. The summed E-state index contributed by atoms with van der Waals surface area (Å²) >= 11 is 5.79. The van der Waals surface area contributed by atoms with E-state index in [0.29, 0.717) is 17.3 Å². The molecular weight excluding hydrogens is 300 g/mol. The number of hydrogen-bond donors (Lipinski definition) is 2. The Labute approximate surface area is 134 Å². The Balaban J connectivity index is 1.80. The van der Waals surface area contributed by atoms with Crippen LogP contribution in [0, 0.1) is 0 Å². The predicted octanol–water partition coefficient (Wildman–Crippen LogP) is 3.96. The highest BCUT2D eigenvalue weighted by molar-refractivity contribution is 6.30. The lowest BCUT2D eigenvalue weighted by molar-refractivity contribution is -0.114. The number of ether oxygens (including phenoxy) is 1. The zero-order valence-corrected chi connectivity index (χ0v) is 12.8. The molecule has 0 unspecified atom stereocenters. The van der Waals surface area contributed by atoms with E-state index in [0.717, 1.165) is 11.4 Å². The lowest BCUT2D eigenvalue weighted by atomic mass is 10.3. The van der Waals surface area contributed by atoms with Gasteiger partial charge in [-0.25, -0.2) is 0 Å². The number of carbonyl (C=O) groups excluding carboxylic acids is 1. The molecule has 0 aliphatic carbocycles. The van der Waals surface area contributed by atoms with Gasteiger partial charge in [-0.1, -0.05) is 24.3 Å². The molecule has 2 aromatic carbocycles. The molecule has 1 amide bonds. The third-order valence-electron chi connectivity index (χ3n) is 2.80. The summed E-state index contributed by atoms with van der Waals surface area (Å²) in [5.41, 5.74) is 1.56. The van der Waals surface area contributed by atoms with Gasteiger partial charge < -0.3 is 15.4 Å². The number of hydrogen-bond acceptors (Lipinski definition) is 3. The Kier molecular flexibility index (Phi) is 5.86. The van der Waals surface area contributed by atoms with Crippen molar-refractivity contribution >= 4 is 28.9 Å². The lowest BCUT2D eigenvalue weighted by Crippen LogP contribution is -2.21. The maximum Gasteiger partial charge on any atom is 0.243 e. The second kappa shape index (κ2) is 8.10. The van der Waals surface area contributed by atoms with E-state index in [-0.39, 0.29) is 12.5 Å². The SMILES string of the molecule is C=CCOc1ccc(NCC(=O)Nc2ccc(Cl)cc2)cc1. The first kappa shape index (κ1) is 15.9. The molecule has 22 heavy (non-hydrogen) atoms. The van der Waals surface area contributed by atoms with Gasteiger partial charge in [0.15, 0.2) is 0 Å². The van der Waals surface area contributed by atoms with Crippen LogP contribution in [0.3, 0.4) is 0 Å². The maximum absolute atomic E-state index is 11.8. The number of halogens is 1. The first-order valence-electron chi connectivity index (χ1n) is 6.80. The monoisotopic (exact) mass is 316 g/mol. The van der Waals surface area contributed by atoms with Crippen molar-refractivity contribution in [2.24, 2.45) is 0 Å². The molecule has 0 aromatic heterocycles. The number of amides is 1. The molecule has 2 rings (SSSR count). The van der Waals surface area contributed by atoms with Crippen LogP contribution >= 0.6 is 11.6 Å². The van der Waals surface area contributed by atoms with E-state index in [1.54, 1.807) is 30.3 Å². The fourth-order valence-electron chi connectivity index (χ4n) is 1.74. The van der Waals surface area contributed by atoms with Crippen LogP contribution in [0.1, 0.15) is 0 Å². The molecule has 2 aromatic rings. The van der Waals surface area contributed by atoms with Crippen molar-refractivity contribution in [1.29, 1.82) is 0 Å². The highest BCUT2D eigenvalue weighted by Gasteiger charge is 2.02. The van der Waals surface area contributed by atoms with E-state index in [4.69, 9.17) is 16.3 Å². The third kappa shape index (κ3) is 5.14. The van der Waals surface area contributed by atoms with Crippen molar-refractivity contribution < 1.29 is 9.53 Å². The number of rotatable bonds is 7. The summed E-state index contributed by atoms with van der Waals surface area (Å²) < 4.78 is 5.39. The van der Waals surface area contributed by atoms with Gasteiger partial charge in [0, 0.05) is 16.4 Å². The Morgan fingerprint density at radius 2 is 1.73 bits per heavy atom. The van der Waals surface area contributed by atoms with E-state index >= 15 is 0 Å². The van der Waals surface area contributed by atoms with Gasteiger partial charge in [-0.05, 0) is 48.5 Å². The molecule has 0 saturated carbocycles. The standard InChI is InChI=1S/C17H17ClN2O2/c1-2-11-22-16-9-7-14(8-10-16)19-12-17(21)20-15-5-3-13(18)4-6-15/h2-10,19H,1,11-12H2,(H,20,21). The first-order chi connectivity index (χ1) is 10.7. The zero-order chi connectivity index (χ0) is 15.8. The average molecular weight is 317 g/mol.